The maximum Gasteiger partial charge on any atom is 0.248 e. The van der Waals surface area contributed by atoms with Crippen molar-refractivity contribution in [1.29, 1.82) is 0 Å². The molecule has 2 unspecified atom stereocenters. The van der Waals surface area contributed by atoms with Gasteiger partial charge in [0.2, 0.25) is 5.91 Å². The minimum atomic E-state index is 0.0513. The van der Waals surface area contributed by atoms with Gasteiger partial charge in [0.15, 0.2) is 0 Å². The van der Waals surface area contributed by atoms with E-state index in [4.69, 9.17) is 9.47 Å². The molecule has 0 radical (unpaired) electrons. The van der Waals surface area contributed by atoms with Crippen LogP contribution in [0.3, 0.4) is 0 Å². The Balaban J connectivity index is 2.45. The van der Waals surface area contributed by atoms with Crippen molar-refractivity contribution in [1.82, 2.24) is 4.90 Å². The predicted molar refractivity (Wildman–Crippen MR) is 65.8 cm³/mol. The molecule has 1 amide bonds. The second-order valence-corrected chi connectivity index (χ2v) is 5.01. The summed E-state index contributed by atoms with van der Waals surface area (Å²) >= 11 is 3.38. The van der Waals surface area contributed by atoms with Crippen LogP contribution in [0, 0.1) is 0 Å². The minimum absolute atomic E-state index is 0.0513. The third kappa shape index (κ3) is 4.03. The molecule has 2 atom stereocenters. The fourth-order valence-corrected chi connectivity index (χ4v) is 1.97. The second kappa shape index (κ2) is 6.57. The lowest BCUT2D eigenvalue weighted by Crippen LogP contribution is -2.52. The largest absolute Gasteiger partial charge is 0.373 e. The first kappa shape index (κ1) is 13.9. The monoisotopic (exact) mass is 293 g/mol. The van der Waals surface area contributed by atoms with Gasteiger partial charge in [0.1, 0.15) is 6.61 Å². The Morgan fingerprint density at radius 3 is 2.88 bits per heavy atom. The lowest BCUT2D eigenvalue weighted by molar-refractivity contribution is -0.149. The highest BCUT2D eigenvalue weighted by Gasteiger charge is 2.28. The third-order valence-corrected chi connectivity index (χ3v) is 3.26. The SMILES string of the molecule is CC(C)OCC(=O)N1CC(CBr)OCC1C. The molecule has 0 aromatic heterocycles. The number of morpholine rings is 1. The average Bonchev–Trinajstić information content (AvgIpc) is 2.26. The maximum atomic E-state index is 11.9. The molecule has 4 nitrogen and oxygen atoms in total. The number of hydrogen-bond acceptors (Lipinski definition) is 3. The van der Waals surface area contributed by atoms with Crippen LogP contribution in [0.5, 0.6) is 0 Å². The predicted octanol–water partition coefficient (Wildman–Crippen LogP) is 1.42. The quantitative estimate of drug-likeness (QED) is 0.736. The average molecular weight is 294 g/mol. The molecule has 16 heavy (non-hydrogen) atoms. The standard InChI is InChI=1S/C11H20BrNO3/c1-8(2)15-7-11(14)13-5-10(4-12)16-6-9(13)3/h8-10H,4-7H2,1-3H3. The van der Waals surface area contributed by atoms with Crippen molar-refractivity contribution in [3.05, 3.63) is 0 Å². The fourth-order valence-electron chi connectivity index (χ4n) is 1.58. The van der Waals surface area contributed by atoms with E-state index in [1.807, 2.05) is 25.7 Å². The van der Waals surface area contributed by atoms with Gasteiger partial charge >= 0.3 is 0 Å². The number of halogens is 1. The van der Waals surface area contributed by atoms with Crippen LogP contribution in [-0.4, -0.2) is 54.1 Å². The van der Waals surface area contributed by atoms with Crippen LogP contribution in [0.4, 0.5) is 0 Å². The zero-order valence-electron chi connectivity index (χ0n) is 10.1. The molecule has 0 aromatic carbocycles. The van der Waals surface area contributed by atoms with Gasteiger partial charge < -0.3 is 14.4 Å². The molecule has 0 saturated carbocycles. The van der Waals surface area contributed by atoms with E-state index in [0.29, 0.717) is 13.2 Å². The maximum absolute atomic E-state index is 11.9. The van der Waals surface area contributed by atoms with Crippen molar-refractivity contribution in [2.75, 3.05) is 25.1 Å². The number of rotatable bonds is 4. The summed E-state index contributed by atoms with van der Waals surface area (Å²) in [6, 6.07) is 0.138. The van der Waals surface area contributed by atoms with E-state index < -0.39 is 0 Å². The van der Waals surface area contributed by atoms with Crippen LogP contribution in [0.1, 0.15) is 20.8 Å². The number of ether oxygens (including phenoxy) is 2. The summed E-state index contributed by atoms with van der Waals surface area (Å²) in [6.07, 6.45) is 0.187. The van der Waals surface area contributed by atoms with Gasteiger partial charge in [0, 0.05) is 11.9 Å². The van der Waals surface area contributed by atoms with E-state index in [2.05, 4.69) is 15.9 Å². The van der Waals surface area contributed by atoms with Crippen LogP contribution >= 0.6 is 15.9 Å². The lowest BCUT2D eigenvalue weighted by Gasteiger charge is -2.37. The number of carbonyl (C=O) groups excluding carboxylic acids is 1. The molecule has 1 saturated heterocycles. The zero-order chi connectivity index (χ0) is 12.1. The fraction of sp³-hybridized carbons (Fsp3) is 0.909. The van der Waals surface area contributed by atoms with Crippen LogP contribution in [0.15, 0.2) is 0 Å². The normalized spacial score (nSPS) is 26.2. The molecule has 1 aliphatic rings. The summed E-state index contributed by atoms with van der Waals surface area (Å²) in [5.41, 5.74) is 0. The number of alkyl halides is 1. The summed E-state index contributed by atoms with van der Waals surface area (Å²) < 4.78 is 10.9. The Hall–Kier alpha value is -0.130. The first-order chi connectivity index (χ1) is 7.54. The molecule has 0 bridgehead atoms. The minimum Gasteiger partial charge on any atom is -0.373 e. The highest BCUT2D eigenvalue weighted by atomic mass is 79.9. The molecule has 1 rings (SSSR count). The van der Waals surface area contributed by atoms with Gasteiger partial charge in [0.05, 0.1) is 24.9 Å². The molecule has 1 aliphatic heterocycles. The van der Waals surface area contributed by atoms with E-state index in [9.17, 15) is 4.79 Å². The van der Waals surface area contributed by atoms with Crippen molar-refractivity contribution < 1.29 is 14.3 Å². The van der Waals surface area contributed by atoms with Crippen LogP contribution < -0.4 is 0 Å². The van der Waals surface area contributed by atoms with E-state index >= 15 is 0 Å². The molecule has 1 heterocycles. The van der Waals surface area contributed by atoms with Gasteiger partial charge in [-0.2, -0.15) is 0 Å². The first-order valence-corrected chi connectivity index (χ1v) is 6.75. The van der Waals surface area contributed by atoms with Crippen molar-refractivity contribution in [3.63, 3.8) is 0 Å². The smallest absolute Gasteiger partial charge is 0.248 e. The van der Waals surface area contributed by atoms with E-state index in [1.165, 1.54) is 0 Å². The topological polar surface area (TPSA) is 38.8 Å². The highest BCUT2D eigenvalue weighted by molar-refractivity contribution is 9.09. The number of amides is 1. The molecular weight excluding hydrogens is 274 g/mol. The lowest BCUT2D eigenvalue weighted by atomic mass is 10.2. The molecular formula is C11H20BrNO3. The Bertz CT molecular complexity index is 235. The first-order valence-electron chi connectivity index (χ1n) is 5.63. The third-order valence-electron chi connectivity index (χ3n) is 2.54. The van der Waals surface area contributed by atoms with Gasteiger partial charge in [-0.25, -0.2) is 0 Å². The van der Waals surface area contributed by atoms with Gasteiger partial charge in [-0.15, -0.1) is 0 Å². The van der Waals surface area contributed by atoms with Gasteiger partial charge in [-0.3, -0.25) is 4.79 Å². The van der Waals surface area contributed by atoms with Gasteiger partial charge in [0.25, 0.3) is 0 Å². The number of carbonyl (C=O) groups is 1. The highest BCUT2D eigenvalue weighted by Crippen LogP contribution is 2.13. The van der Waals surface area contributed by atoms with Crippen LogP contribution in [0.2, 0.25) is 0 Å². The van der Waals surface area contributed by atoms with Gasteiger partial charge in [-0.05, 0) is 20.8 Å². The van der Waals surface area contributed by atoms with Crippen molar-refractivity contribution >= 4 is 21.8 Å². The molecule has 5 heteroatoms. The van der Waals surface area contributed by atoms with E-state index in [1.54, 1.807) is 0 Å². The van der Waals surface area contributed by atoms with Gasteiger partial charge in [-0.1, -0.05) is 15.9 Å². The molecule has 0 aromatic rings. The summed E-state index contributed by atoms with van der Waals surface area (Å²) in [5.74, 6) is 0.0513. The van der Waals surface area contributed by atoms with Crippen molar-refractivity contribution in [2.45, 2.75) is 39.0 Å². The molecule has 1 fully saturated rings. The Morgan fingerprint density at radius 2 is 2.31 bits per heavy atom. The van der Waals surface area contributed by atoms with Crippen molar-refractivity contribution in [2.24, 2.45) is 0 Å². The van der Waals surface area contributed by atoms with Crippen LogP contribution in [-0.2, 0) is 14.3 Å². The Labute approximate surface area is 105 Å². The molecule has 0 aliphatic carbocycles. The summed E-state index contributed by atoms with van der Waals surface area (Å²) in [7, 11) is 0. The Morgan fingerprint density at radius 1 is 1.62 bits per heavy atom. The zero-order valence-corrected chi connectivity index (χ0v) is 11.7. The van der Waals surface area contributed by atoms with E-state index in [-0.39, 0.29) is 30.8 Å². The molecule has 0 spiro atoms. The molecule has 0 N–H and O–H groups in total. The second-order valence-electron chi connectivity index (χ2n) is 4.36. The van der Waals surface area contributed by atoms with E-state index in [0.717, 1.165) is 5.33 Å². The summed E-state index contributed by atoms with van der Waals surface area (Å²) in [5, 5.41) is 0.758. The van der Waals surface area contributed by atoms with Crippen molar-refractivity contribution in [3.8, 4) is 0 Å². The molecule has 94 valence electrons. The summed E-state index contributed by atoms with van der Waals surface area (Å²) in [4.78, 5) is 13.7. The van der Waals surface area contributed by atoms with Crippen LogP contribution in [0.25, 0.3) is 0 Å². The summed E-state index contributed by atoms with van der Waals surface area (Å²) in [6.45, 7) is 7.26. The Kier molecular flexibility index (Phi) is 5.72. The number of nitrogens with zero attached hydrogens (tertiary/aromatic N) is 1. The number of hydrogen-bond donors (Lipinski definition) is 0.